The van der Waals surface area contributed by atoms with Gasteiger partial charge >= 0.3 is 0 Å². The van der Waals surface area contributed by atoms with Crippen molar-refractivity contribution in [1.29, 1.82) is 0 Å². The largest absolute Gasteiger partial charge is 0.493 e. The Labute approximate surface area is 124 Å². The maximum Gasteiger partial charge on any atom is 0.273 e. The predicted octanol–water partition coefficient (Wildman–Crippen LogP) is 2.86. The van der Waals surface area contributed by atoms with Crippen molar-refractivity contribution in [3.63, 3.8) is 0 Å². The third kappa shape index (κ3) is 4.60. The molecule has 0 aromatic heterocycles. The van der Waals surface area contributed by atoms with Gasteiger partial charge in [0.05, 0.1) is 18.1 Å². The van der Waals surface area contributed by atoms with Crippen LogP contribution in [0.5, 0.6) is 11.5 Å². The molecule has 6 heteroatoms. The van der Waals surface area contributed by atoms with E-state index in [1.165, 1.54) is 44.9 Å². The molecule has 1 saturated heterocycles. The number of likely N-dealkylation sites (tertiary alicyclic amines) is 1. The number of hydrogen-bond acceptors (Lipinski definition) is 5. The van der Waals surface area contributed by atoms with Gasteiger partial charge < -0.3 is 9.47 Å². The number of non-ortho nitro benzene ring substituents is 1. The Hall–Kier alpha value is -1.82. The van der Waals surface area contributed by atoms with E-state index >= 15 is 0 Å². The average Bonchev–Trinajstić information content (AvgIpc) is 2.76. The van der Waals surface area contributed by atoms with Crippen LogP contribution in [0.4, 0.5) is 5.69 Å². The van der Waals surface area contributed by atoms with E-state index in [2.05, 4.69) is 4.90 Å². The Morgan fingerprint density at radius 3 is 2.52 bits per heavy atom. The average molecular weight is 294 g/mol. The summed E-state index contributed by atoms with van der Waals surface area (Å²) in [6.07, 6.45) is 5.08. The van der Waals surface area contributed by atoms with E-state index in [1.54, 1.807) is 6.07 Å². The number of nitrogens with zero attached hydrogens (tertiary/aromatic N) is 2. The quantitative estimate of drug-likeness (QED) is 0.596. The van der Waals surface area contributed by atoms with Crippen molar-refractivity contribution in [2.75, 3.05) is 33.4 Å². The molecule has 1 heterocycles. The van der Waals surface area contributed by atoms with Gasteiger partial charge in [-0.15, -0.1) is 0 Å². The molecule has 0 atom stereocenters. The summed E-state index contributed by atoms with van der Waals surface area (Å²) in [7, 11) is 1.53. The van der Waals surface area contributed by atoms with Gasteiger partial charge in [0.15, 0.2) is 11.5 Å². The summed E-state index contributed by atoms with van der Waals surface area (Å²) < 4.78 is 10.9. The minimum atomic E-state index is -0.429. The first kappa shape index (κ1) is 15.6. The molecule has 1 aliphatic heterocycles. The summed E-state index contributed by atoms with van der Waals surface area (Å²) in [5.41, 5.74) is 0.0144. The SMILES string of the molecule is COc1ccc([N+](=O)[O-])cc1OCCN1CCCCCC1. The van der Waals surface area contributed by atoms with Crippen molar-refractivity contribution in [1.82, 2.24) is 4.90 Å². The highest BCUT2D eigenvalue weighted by Gasteiger charge is 2.13. The van der Waals surface area contributed by atoms with Crippen LogP contribution in [-0.2, 0) is 0 Å². The molecule has 0 N–H and O–H groups in total. The third-order valence-corrected chi connectivity index (χ3v) is 3.72. The molecule has 0 amide bonds. The van der Waals surface area contributed by atoms with Gasteiger partial charge in [-0.3, -0.25) is 15.0 Å². The molecule has 6 nitrogen and oxygen atoms in total. The van der Waals surface area contributed by atoms with Crippen LogP contribution in [0.1, 0.15) is 25.7 Å². The summed E-state index contributed by atoms with van der Waals surface area (Å²) in [6, 6.07) is 4.40. The molecular formula is C15H22N2O4. The number of hydrogen-bond donors (Lipinski definition) is 0. The monoisotopic (exact) mass is 294 g/mol. The number of rotatable bonds is 6. The molecule has 21 heavy (non-hydrogen) atoms. The Balaban J connectivity index is 1.91. The van der Waals surface area contributed by atoms with Crippen molar-refractivity contribution >= 4 is 5.69 Å². The lowest BCUT2D eigenvalue weighted by atomic mass is 10.2. The van der Waals surface area contributed by atoms with Crippen LogP contribution in [0.25, 0.3) is 0 Å². The van der Waals surface area contributed by atoms with E-state index < -0.39 is 4.92 Å². The van der Waals surface area contributed by atoms with E-state index in [-0.39, 0.29) is 5.69 Å². The standard InChI is InChI=1S/C15H22N2O4/c1-20-14-7-6-13(17(18)19)12-15(14)21-11-10-16-8-4-2-3-5-9-16/h6-7,12H,2-5,8-11H2,1H3. The number of methoxy groups -OCH3 is 1. The first-order chi connectivity index (χ1) is 10.2. The zero-order chi connectivity index (χ0) is 15.1. The molecule has 116 valence electrons. The smallest absolute Gasteiger partial charge is 0.273 e. The fraction of sp³-hybridized carbons (Fsp3) is 0.600. The van der Waals surface area contributed by atoms with Crippen LogP contribution in [-0.4, -0.2) is 43.2 Å². The molecule has 0 saturated carbocycles. The number of benzene rings is 1. The first-order valence-electron chi connectivity index (χ1n) is 7.38. The minimum Gasteiger partial charge on any atom is -0.493 e. The Kier molecular flexibility index (Phi) is 5.80. The first-order valence-corrected chi connectivity index (χ1v) is 7.38. The molecule has 0 aliphatic carbocycles. The van der Waals surface area contributed by atoms with Crippen LogP contribution in [0, 0.1) is 10.1 Å². The summed E-state index contributed by atoms with van der Waals surface area (Å²) in [4.78, 5) is 12.8. The van der Waals surface area contributed by atoms with Crippen molar-refractivity contribution < 1.29 is 14.4 Å². The van der Waals surface area contributed by atoms with Gasteiger partial charge in [-0.1, -0.05) is 12.8 Å². The van der Waals surface area contributed by atoms with Gasteiger partial charge in [-0.25, -0.2) is 0 Å². The molecule has 1 aromatic rings. The molecule has 2 rings (SSSR count). The minimum absolute atomic E-state index is 0.0144. The molecule has 0 spiro atoms. The second-order valence-electron chi connectivity index (χ2n) is 5.20. The van der Waals surface area contributed by atoms with Gasteiger partial charge in [-0.2, -0.15) is 0 Å². The highest BCUT2D eigenvalue weighted by Crippen LogP contribution is 2.31. The van der Waals surface area contributed by atoms with Crippen molar-refractivity contribution in [3.05, 3.63) is 28.3 Å². The topological polar surface area (TPSA) is 64.8 Å². The summed E-state index contributed by atoms with van der Waals surface area (Å²) >= 11 is 0. The van der Waals surface area contributed by atoms with Crippen LogP contribution < -0.4 is 9.47 Å². The summed E-state index contributed by atoms with van der Waals surface area (Å²) in [5.74, 6) is 0.956. The Morgan fingerprint density at radius 2 is 1.90 bits per heavy atom. The number of nitro benzene ring substituents is 1. The van der Waals surface area contributed by atoms with Gasteiger partial charge in [0.25, 0.3) is 5.69 Å². The van der Waals surface area contributed by atoms with Crippen molar-refractivity contribution in [3.8, 4) is 11.5 Å². The van der Waals surface area contributed by atoms with Crippen LogP contribution >= 0.6 is 0 Å². The van der Waals surface area contributed by atoms with Gasteiger partial charge in [-0.05, 0) is 32.0 Å². The molecule has 1 aliphatic rings. The lowest BCUT2D eigenvalue weighted by Crippen LogP contribution is -2.29. The predicted molar refractivity (Wildman–Crippen MR) is 80.1 cm³/mol. The van der Waals surface area contributed by atoms with E-state index in [1.807, 2.05) is 0 Å². The summed E-state index contributed by atoms with van der Waals surface area (Å²) in [6.45, 7) is 3.56. The van der Waals surface area contributed by atoms with E-state index in [0.29, 0.717) is 18.1 Å². The third-order valence-electron chi connectivity index (χ3n) is 3.72. The summed E-state index contributed by atoms with van der Waals surface area (Å²) in [5, 5.41) is 10.8. The maximum absolute atomic E-state index is 10.8. The zero-order valence-corrected chi connectivity index (χ0v) is 12.4. The van der Waals surface area contributed by atoms with Crippen molar-refractivity contribution in [2.45, 2.75) is 25.7 Å². The number of nitro groups is 1. The van der Waals surface area contributed by atoms with E-state index in [4.69, 9.17) is 9.47 Å². The second-order valence-corrected chi connectivity index (χ2v) is 5.20. The van der Waals surface area contributed by atoms with Crippen LogP contribution in [0.2, 0.25) is 0 Å². The van der Waals surface area contributed by atoms with E-state index in [0.717, 1.165) is 19.6 Å². The maximum atomic E-state index is 10.8. The highest BCUT2D eigenvalue weighted by molar-refractivity contribution is 5.48. The normalized spacial score (nSPS) is 16.2. The van der Waals surface area contributed by atoms with Crippen LogP contribution in [0.3, 0.4) is 0 Å². The molecule has 0 unspecified atom stereocenters. The molecule has 1 fully saturated rings. The fourth-order valence-electron chi connectivity index (χ4n) is 2.54. The van der Waals surface area contributed by atoms with E-state index in [9.17, 15) is 10.1 Å². The fourth-order valence-corrected chi connectivity index (χ4v) is 2.54. The number of ether oxygens (including phenoxy) is 2. The molecule has 0 bridgehead atoms. The zero-order valence-electron chi connectivity index (χ0n) is 12.4. The lowest BCUT2D eigenvalue weighted by Gasteiger charge is -2.20. The van der Waals surface area contributed by atoms with Gasteiger partial charge in [0.1, 0.15) is 6.61 Å². The Morgan fingerprint density at radius 1 is 1.19 bits per heavy atom. The van der Waals surface area contributed by atoms with Gasteiger partial charge in [0.2, 0.25) is 0 Å². The second kappa shape index (κ2) is 7.83. The highest BCUT2D eigenvalue weighted by atomic mass is 16.6. The van der Waals surface area contributed by atoms with Crippen LogP contribution in [0.15, 0.2) is 18.2 Å². The lowest BCUT2D eigenvalue weighted by molar-refractivity contribution is -0.385. The molecule has 1 aromatic carbocycles. The van der Waals surface area contributed by atoms with Crippen molar-refractivity contribution in [2.24, 2.45) is 0 Å². The molecule has 0 radical (unpaired) electrons. The Bertz CT molecular complexity index is 471. The molecular weight excluding hydrogens is 272 g/mol. The van der Waals surface area contributed by atoms with Gasteiger partial charge in [0, 0.05) is 12.6 Å².